The lowest BCUT2D eigenvalue weighted by molar-refractivity contribution is -0.142. The summed E-state index contributed by atoms with van der Waals surface area (Å²) in [5.74, 6) is -2.76. The molecule has 9 heteroatoms. The predicted octanol–water partition coefficient (Wildman–Crippen LogP) is 1.15. The zero-order valence-electron chi connectivity index (χ0n) is 14.6. The average Bonchev–Trinajstić information content (AvgIpc) is 2.59. The van der Waals surface area contributed by atoms with Crippen LogP contribution in [0.4, 0.5) is 0 Å². The quantitative estimate of drug-likeness (QED) is 0.591. The van der Waals surface area contributed by atoms with Crippen molar-refractivity contribution in [2.24, 2.45) is 0 Å². The molecule has 0 spiro atoms. The van der Waals surface area contributed by atoms with Crippen LogP contribution in [0.5, 0.6) is 0 Å². The summed E-state index contributed by atoms with van der Waals surface area (Å²) < 4.78 is 25.5. The molecule has 0 fully saturated rings. The molecule has 1 aliphatic carbocycles. The predicted molar refractivity (Wildman–Crippen MR) is 97.3 cm³/mol. The highest BCUT2D eigenvalue weighted by molar-refractivity contribution is 7.88. The van der Waals surface area contributed by atoms with E-state index in [4.69, 9.17) is 0 Å². The Balaban J connectivity index is 2.02. The Morgan fingerprint density at radius 3 is 2.44 bits per heavy atom. The molecule has 1 aliphatic heterocycles. The average molecular weight is 392 g/mol. The number of hydrogen-bond donors (Lipinski definition) is 4. The highest BCUT2D eigenvalue weighted by atomic mass is 32.2. The van der Waals surface area contributed by atoms with E-state index in [-0.39, 0.29) is 18.0 Å². The molecule has 144 valence electrons. The molecular weight excluding hydrogens is 372 g/mol. The Hall–Kier alpha value is -2.65. The van der Waals surface area contributed by atoms with Crippen LogP contribution in [0, 0.1) is 0 Å². The molecule has 0 amide bonds. The summed E-state index contributed by atoms with van der Waals surface area (Å²) >= 11 is 0. The zero-order chi connectivity index (χ0) is 19.8. The smallest absolute Gasteiger partial charge is 0.337 e. The monoisotopic (exact) mass is 392 g/mol. The lowest BCUT2D eigenvalue weighted by Gasteiger charge is -2.38. The van der Waals surface area contributed by atoms with E-state index in [1.165, 1.54) is 0 Å². The van der Waals surface area contributed by atoms with E-state index >= 15 is 0 Å². The van der Waals surface area contributed by atoms with Crippen molar-refractivity contribution in [2.75, 3.05) is 6.26 Å². The number of hydrogen-bond acceptors (Lipinski definition) is 5. The molecule has 1 aromatic rings. The molecule has 0 aromatic heterocycles. The number of carbonyl (C=O) groups is 2. The van der Waals surface area contributed by atoms with Crippen molar-refractivity contribution in [3.8, 4) is 0 Å². The Kier molecular flexibility index (Phi) is 4.83. The van der Waals surface area contributed by atoms with E-state index in [0.717, 1.165) is 17.9 Å². The van der Waals surface area contributed by atoms with Gasteiger partial charge in [-0.25, -0.2) is 18.0 Å². The van der Waals surface area contributed by atoms with Gasteiger partial charge in [0.15, 0.2) is 5.54 Å². The Bertz CT molecular complexity index is 951. The van der Waals surface area contributed by atoms with Gasteiger partial charge in [-0.1, -0.05) is 30.3 Å². The van der Waals surface area contributed by atoms with Crippen molar-refractivity contribution in [1.29, 1.82) is 0 Å². The number of aliphatic carboxylic acids is 2. The normalized spacial score (nSPS) is 25.2. The highest BCUT2D eigenvalue weighted by Gasteiger charge is 2.46. The number of carboxylic acid groups (broad SMARTS) is 2. The van der Waals surface area contributed by atoms with Gasteiger partial charge in [0, 0.05) is 12.1 Å². The van der Waals surface area contributed by atoms with E-state index in [1.807, 2.05) is 30.3 Å². The largest absolute Gasteiger partial charge is 0.480 e. The molecule has 4 N–H and O–H groups in total. The Morgan fingerprint density at radius 1 is 1.22 bits per heavy atom. The minimum absolute atomic E-state index is 0.104. The second-order valence-corrected chi connectivity index (χ2v) is 8.56. The summed E-state index contributed by atoms with van der Waals surface area (Å²) in [6.07, 6.45) is 2.81. The van der Waals surface area contributed by atoms with Gasteiger partial charge in [0.25, 0.3) is 0 Å². The third-order valence-corrected chi connectivity index (χ3v) is 5.48. The van der Waals surface area contributed by atoms with Gasteiger partial charge in [0.2, 0.25) is 10.0 Å². The fourth-order valence-electron chi connectivity index (χ4n) is 3.62. The van der Waals surface area contributed by atoms with Crippen molar-refractivity contribution >= 4 is 22.0 Å². The number of sulfonamides is 1. The maximum Gasteiger partial charge on any atom is 0.337 e. The van der Waals surface area contributed by atoms with Gasteiger partial charge in [0.1, 0.15) is 0 Å². The molecule has 2 unspecified atom stereocenters. The van der Waals surface area contributed by atoms with Gasteiger partial charge < -0.3 is 15.5 Å². The van der Waals surface area contributed by atoms with Crippen LogP contribution in [-0.4, -0.2) is 42.4 Å². The van der Waals surface area contributed by atoms with Crippen molar-refractivity contribution < 1.29 is 28.2 Å². The van der Waals surface area contributed by atoms with Crippen LogP contribution < -0.4 is 10.0 Å². The molecule has 8 nitrogen and oxygen atoms in total. The van der Waals surface area contributed by atoms with E-state index in [2.05, 4.69) is 10.0 Å². The lowest BCUT2D eigenvalue weighted by atomic mass is 9.78. The minimum atomic E-state index is -3.88. The third kappa shape index (κ3) is 3.88. The highest BCUT2D eigenvalue weighted by Crippen LogP contribution is 2.39. The lowest BCUT2D eigenvalue weighted by Crippen LogP contribution is -2.55. The standard InChI is InChI=1S/C18H20N2O6S/c1-27(25,26)20-18(17(23)24)9-12-7-8-14(11-5-3-2-4-6-11)19-15(12)13(10-18)16(21)22/h2-6,10,14,19-20H,7-9H2,1H3,(H,21,22)(H,23,24). The van der Waals surface area contributed by atoms with E-state index in [9.17, 15) is 28.2 Å². The van der Waals surface area contributed by atoms with Crippen LogP contribution in [-0.2, 0) is 19.6 Å². The fourth-order valence-corrected chi connectivity index (χ4v) is 4.50. The van der Waals surface area contributed by atoms with Crippen LogP contribution in [0.1, 0.15) is 30.9 Å². The van der Waals surface area contributed by atoms with Gasteiger partial charge in [-0.3, -0.25) is 0 Å². The summed E-state index contributed by atoms with van der Waals surface area (Å²) in [7, 11) is -3.88. The molecule has 0 radical (unpaired) electrons. The van der Waals surface area contributed by atoms with Gasteiger partial charge in [-0.15, -0.1) is 0 Å². The van der Waals surface area contributed by atoms with Crippen molar-refractivity contribution in [1.82, 2.24) is 10.0 Å². The maximum atomic E-state index is 11.9. The molecule has 0 saturated carbocycles. The SMILES string of the molecule is CS(=O)(=O)NC1(C(=O)O)C=C(C(=O)O)C2=C(CCC(c3ccccc3)N2)C1. The van der Waals surface area contributed by atoms with Crippen LogP contribution in [0.25, 0.3) is 0 Å². The molecule has 1 heterocycles. The first kappa shape index (κ1) is 19.1. The molecule has 27 heavy (non-hydrogen) atoms. The summed E-state index contributed by atoms with van der Waals surface area (Å²) in [5.41, 5.74) is -0.300. The first-order valence-electron chi connectivity index (χ1n) is 8.34. The van der Waals surface area contributed by atoms with Crippen molar-refractivity contribution in [2.45, 2.75) is 30.8 Å². The molecule has 1 aromatic carbocycles. The van der Waals surface area contributed by atoms with E-state index in [0.29, 0.717) is 24.1 Å². The molecule has 3 rings (SSSR count). The van der Waals surface area contributed by atoms with Gasteiger partial charge in [0.05, 0.1) is 17.9 Å². The topological polar surface area (TPSA) is 133 Å². The number of carboxylic acids is 2. The van der Waals surface area contributed by atoms with Crippen LogP contribution in [0.15, 0.2) is 53.3 Å². The first-order chi connectivity index (χ1) is 12.6. The molecule has 0 saturated heterocycles. The number of nitrogens with one attached hydrogen (secondary N) is 2. The second-order valence-electron chi connectivity index (χ2n) is 6.82. The van der Waals surface area contributed by atoms with Gasteiger partial charge in [-0.05, 0) is 30.1 Å². The summed E-state index contributed by atoms with van der Waals surface area (Å²) in [6, 6.07) is 9.43. The Labute approximate surface area is 156 Å². The van der Waals surface area contributed by atoms with Crippen LogP contribution >= 0.6 is 0 Å². The third-order valence-electron chi connectivity index (χ3n) is 4.74. The fraction of sp³-hybridized carbons (Fsp3) is 0.333. The summed E-state index contributed by atoms with van der Waals surface area (Å²) in [6.45, 7) is 0. The van der Waals surface area contributed by atoms with Crippen molar-refractivity contribution in [3.05, 3.63) is 58.8 Å². The zero-order valence-corrected chi connectivity index (χ0v) is 15.4. The molecule has 0 bridgehead atoms. The number of benzene rings is 1. The van der Waals surface area contributed by atoms with Crippen LogP contribution in [0.2, 0.25) is 0 Å². The maximum absolute atomic E-state index is 11.9. The molecule has 2 aliphatic rings. The minimum Gasteiger partial charge on any atom is -0.480 e. The van der Waals surface area contributed by atoms with Crippen molar-refractivity contribution in [3.63, 3.8) is 0 Å². The second kappa shape index (κ2) is 6.82. The first-order valence-corrected chi connectivity index (χ1v) is 10.2. The molecular formula is C18H20N2O6S. The number of rotatable bonds is 5. The Morgan fingerprint density at radius 2 is 1.89 bits per heavy atom. The molecule has 2 atom stereocenters. The van der Waals surface area contributed by atoms with Crippen LogP contribution in [0.3, 0.4) is 0 Å². The van der Waals surface area contributed by atoms with Gasteiger partial charge in [-0.2, -0.15) is 4.72 Å². The summed E-state index contributed by atoms with van der Waals surface area (Å²) in [5, 5.41) is 22.5. The van der Waals surface area contributed by atoms with E-state index in [1.54, 1.807) is 0 Å². The van der Waals surface area contributed by atoms with Gasteiger partial charge >= 0.3 is 11.9 Å². The van der Waals surface area contributed by atoms with E-state index < -0.39 is 27.5 Å². The summed E-state index contributed by atoms with van der Waals surface area (Å²) in [4.78, 5) is 23.7.